The number of hydrogen-bond acceptors (Lipinski definition) is 3. The molecule has 4 rings (SSSR count). The van der Waals surface area contributed by atoms with E-state index in [1.54, 1.807) is 0 Å². The Morgan fingerprint density at radius 1 is 1.17 bits per heavy atom. The van der Waals surface area contributed by atoms with Gasteiger partial charge in [0.25, 0.3) is 0 Å². The van der Waals surface area contributed by atoms with E-state index in [1.165, 1.54) is 31.9 Å². The minimum atomic E-state index is 0.00482. The molecule has 1 fully saturated rings. The zero-order valence-electron chi connectivity index (χ0n) is 13.6. The van der Waals surface area contributed by atoms with Gasteiger partial charge in [0.05, 0.1) is 5.69 Å². The van der Waals surface area contributed by atoms with Gasteiger partial charge >= 0.3 is 0 Å². The van der Waals surface area contributed by atoms with Gasteiger partial charge in [-0.15, -0.1) is 11.6 Å². The monoisotopic (exact) mass is 357 g/mol. The van der Waals surface area contributed by atoms with E-state index >= 15 is 0 Å². The third-order valence-electron chi connectivity index (χ3n) is 4.35. The summed E-state index contributed by atoms with van der Waals surface area (Å²) in [6.07, 6.45) is 2.10. The van der Waals surface area contributed by atoms with Crippen molar-refractivity contribution in [1.82, 2.24) is 10.3 Å². The molecule has 3 nitrogen and oxygen atoms in total. The molecule has 24 heavy (non-hydrogen) atoms. The summed E-state index contributed by atoms with van der Waals surface area (Å²) >= 11 is 8.13. The molecular weight excluding hydrogens is 338 g/mol. The predicted octanol–water partition coefficient (Wildman–Crippen LogP) is 4.60. The number of nitrogens with one attached hydrogen (secondary N) is 2. The molecule has 0 bridgehead atoms. The van der Waals surface area contributed by atoms with E-state index in [2.05, 4.69) is 70.8 Å². The SMILES string of the molecule is Cc1ccc(Sc2c[nH]c3ccccc23)c(N2CCNC(Cl)C2)c1. The number of H-pyrrole nitrogens is 1. The van der Waals surface area contributed by atoms with Gasteiger partial charge in [0.1, 0.15) is 5.50 Å². The number of aromatic nitrogens is 1. The topological polar surface area (TPSA) is 31.1 Å². The molecule has 2 aromatic carbocycles. The van der Waals surface area contributed by atoms with Gasteiger partial charge < -0.3 is 9.88 Å². The lowest BCUT2D eigenvalue weighted by molar-refractivity contribution is 0.550. The van der Waals surface area contributed by atoms with Gasteiger partial charge in [0.2, 0.25) is 0 Å². The summed E-state index contributed by atoms with van der Waals surface area (Å²) in [6, 6.07) is 15.1. The Kier molecular flexibility index (Phi) is 4.44. The Hall–Kier alpha value is -1.62. The van der Waals surface area contributed by atoms with Crippen LogP contribution in [0, 0.1) is 6.92 Å². The molecule has 1 aliphatic rings. The molecule has 1 saturated heterocycles. The van der Waals surface area contributed by atoms with Gasteiger partial charge in [-0.1, -0.05) is 36.0 Å². The van der Waals surface area contributed by atoms with Crippen molar-refractivity contribution in [2.45, 2.75) is 22.2 Å². The maximum Gasteiger partial charge on any atom is 0.100 e. The van der Waals surface area contributed by atoms with Crippen LogP contribution >= 0.6 is 23.4 Å². The van der Waals surface area contributed by atoms with E-state index in [9.17, 15) is 0 Å². The smallest absolute Gasteiger partial charge is 0.100 e. The summed E-state index contributed by atoms with van der Waals surface area (Å²) in [6.45, 7) is 4.86. The molecule has 0 spiro atoms. The van der Waals surface area contributed by atoms with Crippen LogP contribution in [-0.2, 0) is 0 Å². The molecular formula is C19H20ClN3S. The van der Waals surface area contributed by atoms with Crippen molar-refractivity contribution >= 4 is 40.0 Å². The zero-order chi connectivity index (χ0) is 16.5. The minimum absolute atomic E-state index is 0.00482. The molecule has 0 saturated carbocycles. The third kappa shape index (κ3) is 3.14. The summed E-state index contributed by atoms with van der Waals surface area (Å²) in [7, 11) is 0. The van der Waals surface area contributed by atoms with Crippen LogP contribution in [0.15, 0.2) is 58.5 Å². The van der Waals surface area contributed by atoms with E-state index in [0.29, 0.717) is 0 Å². The van der Waals surface area contributed by atoms with Crippen LogP contribution in [0.2, 0.25) is 0 Å². The molecule has 2 N–H and O–H groups in total. The Morgan fingerprint density at radius 2 is 2.04 bits per heavy atom. The molecule has 0 aliphatic carbocycles. The minimum Gasteiger partial charge on any atom is -0.367 e. The quantitative estimate of drug-likeness (QED) is 0.530. The van der Waals surface area contributed by atoms with Gasteiger partial charge in [-0.2, -0.15) is 0 Å². The number of para-hydroxylation sites is 1. The fourth-order valence-corrected chi connectivity index (χ4v) is 4.48. The number of fused-ring (bicyclic) bond motifs is 1. The van der Waals surface area contributed by atoms with Crippen molar-refractivity contribution in [3.63, 3.8) is 0 Å². The van der Waals surface area contributed by atoms with E-state index in [-0.39, 0.29) is 5.50 Å². The molecule has 0 amide bonds. The van der Waals surface area contributed by atoms with Crippen molar-refractivity contribution in [1.29, 1.82) is 0 Å². The molecule has 3 aromatic rings. The van der Waals surface area contributed by atoms with Gasteiger partial charge in [-0.25, -0.2) is 0 Å². The van der Waals surface area contributed by atoms with Gasteiger partial charge in [-0.05, 0) is 30.7 Å². The van der Waals surface area contributed by atoms with E-state index in [0.717, 1.165) is 19.6 Å². The first-order valence-corrected chi connectivity index (χ1v) is 9.43. The second-order valence-electron chi connectivity index (χ2n) is 6.14. The first-order chi connectivity index (χ1) is 11.7. The highest BCUT2D eigenvalue weighted by atomic mass is 35.5. The van der Waals surface area contributed by atoms with Crippen LogP contribution in [0.1, 0.15) is 5.56 Å². The Balaban J connectivity index is 1.70. The van der Waals surface area contributed by atoms with Crippen LogP contribution in [0.5, 0.6) is 0 Å². The van der Waals surface area contributed by atoms with Crippen molar-refractivity contribution < 1.29 is 0 Å². The lowest BCUT2D eigenvalue weighted by atomic mass is 10.2. The molecule has 1 aliphatic heterocycles. The van der Waals surface area contributed by atoms with E-state index in [4.69, 9.17) is 11.6 Å². The molecule has 1 unspecified atom stereocenters. The maximum atomic E-state index is 6.31. The normalized spacial score (nSPS) is 18.2. The second-order valence-corrected chi connectivity index (χ2v) is 7.75. The van der Waals surface area contributed by atoms with Crippen molar-refractivity contribution in [3.8, 4) is 0 Å². The number of aromatic amines is 1. The number of halogens is 1. The molecule has 124 valence electrons. The lowest BCUT2D eigenvalue weighted by Crippen LogP contribution is -2.48. The number of rotatable bonds is 3. The second kappa shape index (κ2) is 6.71. The van der Waals surface area contributed by atoms with E-state index in [1.807, 2.05) is 11.8 Å². The van der Waals surface area contributed by atoms with Gasteiger partial charge in [-0.3, -0.25) is 5.32 Å². The predicted molar refractivity (Wildman–Crippen MR) is 103 cm³/mol. The summed E-state index contributed by atoms with van der Waals surface area (Å²) in [5.41, 5.74) is 3.73. The molecule has 1 atom stereocenters. The molecule has 5 heteroatoms. The molecule has 2 heterocycles. The average molecular weight is 358 g/mol. The summed E-state index contributed by atoms with van der Waals surface area (Å²) < 4.78 is 0. The van der Waals surface area contributed by atoms with Crippen LogP contribution in [0.25, 0.3) is 10.9 Å². The average Bonchev–Trinajstić information content (AvgIpc) is 3.00. The van der Waals surface area contributed by atoms with Crippen molar-refractivity contribution in [2.75, 3.05) is 24.5 Å². The Labute approximate surface area is 151 Å². The van der Waals surface area contributed by atoms with Crippen molar-refractivity contribution in [3.05, 3.63) is 54.2 Å². The number of benzene rings is 2. The summed E-state index contributed by atoms with van der Waals surface area (Å²) in [5.74, 6) is 0. The highest BCUT2D eigenvalue weighted by Gasteiger charge is 2.20. The number of alkyl halides is 1. The highest BCUT2D eigenvalue weighted by Crippen LogP contribution is 2.39. The number of nitrogens with zero attached hydrogens (tertiary/aromatic N) is 1. The molecule has 0 radical (unpaired) electrons. The number of anilines is 1. The van der Waals surface area contributed by atoms with Crippen LogP contribution < -0.4 is 10.2 Å². The maximum absolute atomic E-state index is 6.31. The Morgan fingerprint density at radius 3 is 2.92 bits per heavy atom. The van der Waals surface area contributed by atoms with Gasteiger partial charge in [0.15, 0.2) is 0 Å². The largest absolute Gasteiger partial charge is 0.367 e. The first-order valence-electron chi connectivity index (χ1n) is 8.18. The van der Waals surface area contributed by atoms with Crippen LogP contribution in [0.4, 0.5) is 5.69 Å². The lowest BCUT2D eigenvalue weighted by Gasteiger charge is -2.33. The van der Waals surface area contributed by atoms with Gasteiger partial charge in [0, 0.05) is 46.5 Å². The third-order valence-corrected chi connectivity index (χ3v) is 5.77. The zero-order valence-corrected chi connectivity index (χ0v) is 15.1. The van der Waals surface area contributed by atoms with Crippen molar-refractivity contribution in [2.24, 2.45) is 0 Å². The molecule has 1 aromatic heterocycles. The number of piperazine rings is 1. The highest BCUT2D eigenvalue weighted by molar-refractivity contribution is 7.99. The Bertz CT molecular complexity index is 861. The fourth-order valence-electron chi connectivity index (χ4n) is 3.13. The number of aryl methyl sites for hydroxylation is 1. The first kappa shape index (κ1) is 15.9. The standard InChI is InChI=1S/C19H20ClN3S/c1-13-6-7-17(16(10-13)23-9-8-21-19(20)12-23)24-18-11-22-15-5-3-2-4-14(15)18/h2-7,10-11,19,21-22H,8-9,12H2,1H3. The van der Waals surface area contributed by atoms with Crippen LogP contribution in [-0.4, -0.2) is 30.1 Å². The van der Waals surface area contributed by atoms with E-state index < -0.39 is 0 Å². The fraction of sp³-hybridized carbons (Fsp3) is 0.263. The summed E-state index contributed by atoms with van der Waals surface area (Å²) in [5, 5.41) is 4.57. The number of hydrogen-bond donors (Lipinski definition) is 2. The summed E-state index contributed by atoms with van der Waals surface area (Å²) in [4.78, 5) is 8.28. The van der Waals surface area contributed by atoms with Crippen LogP contribution in [0.3, 0.4) is 0 Å².